The fraction of sp³-hybridized carbons (Fsp3) is 0.263. The summed E-state index contributed by atoms with van der Waals surface area (Å²) in [5.74, 6) is 0.346. The Bertz CT molecular complexity index is 721. The van der Waals surface area contributed by atoms with E-state index in [1.54, 1.807) is 24.3 Å². The molecule has 1 heterocycles. The van der Waals surface area contributed by atoms with Gasteiger partial charge in [0.25, 0.3) is 5.91 Å². The Hall–Kier alpha value is -2.80. The van der Waals surface area contributed by atoms with Crippen LogP contribution >= 0.6 is 0 Å². The molecule has 1 aliphatic heterocycles. The molecule has 0 spiro atoms. The Kier molecular flexibility index (Phi) is 4.58. The molecule has 1 aliphatic rings. The zero-order chi connectivity index (χ0) is 16.1. The second-order valence-electron chi connectivity index (χ2n) is 5.84. The summed E-state index contributed by atoms with van der Waals surface area (Å²) in [6.07, 6.45) is 1.08. The van der Waals surface area contributed by atoms with Crippen LogP contribution in [0.25, 0.3) is 0 Å². The van der Waals surface area contributed by atoms with Gasteiger partial charge < -0.3 is 10.2 Å². The van der Waals surface area contributed by atoms with Crippen molar-refractivity contribution in [3.05, 3.63) is 65.7 Å². The first-order valence-electron chi connectivity index (χ1n) is 7.84. The molecule has 0 aromatic heterocycles. The van der Waals surface area contributed by atoms with E-state index in [1.807, 2.05) is 18.2 Å². The predicted molar refractivity (Wildman–Crippen MR) is 90.3 cm³/mol. The highest BCUT2D eigenvalue weighted by atomic mass is 16.1. The lowest BCUT2D eigenvalue weighted by atomic mass is 10.1. The number of nitrogens with one attached hydrogen (secondary N) is 1. The van der Waals surface area contributed by atoms with Crippen molar-refractivity contribution in [1.82, 2.24) is 5.32 Å². The van der Waals surface area contributed by atoms with Gasteiger partial charge in [0.2, 0.25) is 0 Å². The van der Waals surface area contributed by atoms with E-state index in [4.69, 9.17) is 5.26 Å². The molecule has 2 aromatic rings. The number of hydrogen-bond donors (Lipinski definition) is 1. The summed E-state index contributed by atoms with van der Waals surface area (Å²) in [5, 5.41) is 11.9. The van der Waals surface area contributed by atoms with Crippen LogP contribution in [0.15, 0.2) is 54.6 Å². The van der Waals surface area contributed by atoms with Gasteiger partial charge in [-0.05, 0) is 42.7 Å². The second kappa shape index (κ2) is 6.97. The van der Waals surface area contributed by atoms with Gasteiger partial charge in [-0.2, -0.15) is 5.26 Å². The molecular formula is C19H19N3O. The number of rotatable bonds is 4. The molecule has 1 atom stereocenters. The van der Waals surface area contributed by atoms with Gasteiger partial charge in [-0.1, -0.05) is 24.3 Å². The van der Waals surface area contributed by atoms with Crippen LogP contribution in [0.3, 0.4) is 0 Å². The van der Waals surface area contributed by atoms with Gasteiger partial charge in [-0.15, -0.1) is 0 Å². The Labute approximate surface area is 136 Å². The van der Waals surface area contributed by atoms with E-state index in [0.717, 1.165) is 19.5 Å². The van der Waals surface area contributed by atoms with Crippen molar-refractivity contribution in [1.29, 1.82) is 5.26 Å². The first-order chi connectivity index (χ1) is 11.3. The lowest BCUT2D eigenvalue weighted by Crippen LogP contribution is -2.31. The second-order valence-corrected chi connectivity index (χ2v) is 5.84. The molecule has 0 radical (unpaired) electrons. The predicted octanol–water partition coefficient (Wildman–Crippen LogP) is 2.81. The van der Waals surface area contributed by atoms with E-state index in [1.165, 1.54) is 5.69 Å². The quantitative estimate of drug-likeness (QED) is 0.945. The van der Waals surface area contributed by atoms with Gasteiger partial charge in [0.05, 0.1) is 11.6 Å². The molecule has 116 valence electrons. The molecule has 1 saturated heterocycles. The zero-order valence-corrected chi connectivity index (χ0v) is 12.9. The van der Waals surface area contributed by atoms with Gasteiger partial charge >= 0.3 is 0 Å². The molecule has 0 bridgehead atoms. The molecule has 1 amide bonds. The van der Waals surface area contributed by atoms with Crippen molar-refractivity contribution >= 4 is 11.6 Å². The van der Waals surface area contributed by atoms with Crippen LogP contribution in [0.4, 0.5) is 5.69 Å². The molecule has 0 unspecified atom stereocenters. The highest BCUT2D eigenvalue weighted by molar-refractivity contribution is 5.94. The van der Waals surface area contributed by atoms with Crippen LogP contribution in [-0.4, -0.2) is 25.5 Å². The molecule has 4 heteroatoms. The van der Waals surface area contributed by atoms with Crippen LogP contribution in [0.2, 0.25) is 0 Å². The van der Waals surface area contributed by atoms with Crippen LogP contribution in [0.1, 0.15) is 22.3 Å². The molecule has 0 saturated carbocycles. The monoisotopic (exact) mass is 305 g/mol. The summed E-state index contributed by atoms with van der Waals surface area (Å²) < 4.78 is 0. The standard InChI is InChI=1S/C19H19N3O/c20-12-15-5-4-6-17(11-15)19(23)21-13-16-9-10-22(14-16)18-7-2-1-3-8-18/h1-8,11,16H,9-10,13-14H2,(H,21,23)/t16-/m1/s1. The normalized spacial score (nSPS) is 16.8. The number of para-hydroxylation sites is 1. The summed E-state index contributed by atoms with van der Waals surface area (Å²) in [6, 6.07) is 19.2. The lowest BCUT2D eigenvalue weighted by Gasteiger charge is -2.18. The Balaban J connectivity index is 1.53. The van der Waals surface area contributed by atoms with Gasteiger partial charge in [-0.3, -0.25) is 4.79 Å². The van der Waals surface area contributed by atoms with Gasteiger partial charge in [0.15, 0.2) is 0 Å². The maximum absolute atomic E-state index is 12.2. The average molecular weight is 305 g/mol. The number of amides is 1. The van der Waals surface area contributed by atoms with Crippen molar-refractivity contribution in [2.75, 3.05) is 24.5 Å². The molecule has 2 aromatic carbocycles. The van der Waals surface area contributed by atoms with E-state index in [2.05, 4.69) is 28.4 Å². The number of benzene rings is 2. The number of carbonyl (C=O) groups is 1. The maximum atomic E-state index is 12.2. The SMILES string of the molecule is N#Cc1cccc(C(=O)NC[C@H]2CCN(c3ccccc3)C2)c1. The van der Waals surface area contributed by atoms with E-state index in [9.17, 15) is 4.79 Å². The summed E-state index contributed by atoms with van der Waals surface area (Å²) in [4.78, 5) is 14.5. The van der Waals surface area contributed by atoms with Gasteiger partial charge in [-0.25, -0.2) is 0 Å². The highest BCUT2D eigenvalue weighted by Crippen LogP contribution is 2.23. The molecule has 4 nitrogen and oxygen atoms in total. The van der Waals surface area contributed by atoms with E-state index < -0.39 is 0 Å². The minimum Gasteiger partial charge on any atom is -0.371 e. The topological polar surface area (TPSA) is 56.1 Å². The lowest BCUT2D eigenvalue weighted by molar-refractivity contribution is 0.0948. The van der Waals surface area contributed by atoms with E-state index in [0.29, 0.717) is 23.6 Å². The van der Waals surface area contributed by atoms with Gasteiger partial charge in [0.1, 0.15) is 0 Å². The maximum Gasteiger partial charge on any atom is 0.251 e. The molecule has 0 aliphatic carbocycles. The third kappa shape index (κ3) is 3.70. The molecular weight excluding hydrogens is 286 g/mol. The smallest absolute Gasteiger partial charge is 0.251 e. The third-order valence-corrected chi connectivity index (χ3v) is 4.21. The van der Waals surface area contributed by atoms with Crippen molar-refractivity contribution in [3.63, 3.8) is 0 Å². The Morgan fingerprint density at radius 3 is 2.83 bits per heavy atom. The van der Waals surface area contributed by atoms with Crippen LogP contribution in [0, 0.1) is 17.2 Å². The Morgan fingerprint density at radius 1 is 1.22 bits per heavy atom. The number of nitriles is 1. The summed E-state index contributed by atoms with van der Waals surface area (Å²) >= 11 is 0. The zero-order valence-electron chi connectivity index (χ0n) is 12.9. The van der Waals surface area contributed by atoms with Crippen molar-refractivity contribution in [3.8, 4) is 6.07 Å². The summed E-state index contributed by atoms with van der Waals surface area (Å²) in [6.45, 7) is 2.65. The van der Waals surface area contributed by atoms with E-state index in [-0.39, 0.29) is 5.91 Å². The molecule has 1 fully saturated rings. The summed E-state index contributed by atoms with van der Waals surface area (Å²) in [5.41, 5.74) is 2.29. The van der Waals surface area contributed by atoms with Crippen LogP contribution < -0.4 is 10.2 Å². The van der Waals surface area contributed by atoms with E-state index >= 15 is 0 Å². The third-order valence-electron chi connectivity index (χ3n) is 4.21. The highest BCUT2D eigenvalue weighted by Gasteiger charge is 2.23. The number of nitrogens with zero attached hydrogens (tertiary/aromatic N) is 2. The molecule has 1 N–H and O–H groups in total. The van der Waals surface area contributed by atoms with Crippen LogP contribution in [-0.2, 0) is 0 Å². The molecule has 23 heavy (non-hydrogen) atoms. The largest absolute Gasteiger partial charge is 0.371 e. The van der Waals surface area contributed by atoms with Crippen LogP contribution in [0.5, 0.6) is 0 Å². The Morgan fingerprint density at radius 2 is 2.04 bits per heavy atom. The number of anilines is 1. The van der Waals surface area contributed by atoms with Crippen molar-refractivity contribution in [2.45, 2.75) is 6.42 Å². The molecule has 3 rings (SSSR count). The first-order valence-corrected chi connectivity index (χ1v) is 7.84. The van der Waals surface area contributed by atoms with Crippen molar-refractivity contribution < 1.29 is 4.79 Å². The number of carbonyl (C=O) groups excluding carboxylic acids is 1. The fourth-order valence-corrected chi connectivity index (χ4v) is 2.94. The fourth-order valence-electron chi connectivity index (χ4n) is 2.94. The van der Waals surface area contributed by atoms with Gasteiger partial charge in [0, 0.05) is 30.9 Å². The van der Waals surface area contributed by atoms with Crippen molar-refractivity contribution in [2.24, 2.45) is 5.92 Å². The first kappa shape index (κ1) is 15.1. The minimum atomic E-state index is -0.111. The average Bonchev–Trinajstić information content (AvgIpc) is 3.09. The minimum absolute atomic E-state index is 0.111. The summed E-state index contributed by atoms with van der Waals surface area (Å²) in [7, 11) is 0. The number of hydrogen-bond acceptors (Lipinski definition) is 3.